The molecule has 194 valence electrons. The fourth-order valence-electron chi connectivity index (χ4n) is 4.19. The van der Waals surface area contributed by atoms with Crippen LogP contribution in [0.15, 0.2) is 36.9 Å². The molecule has 10 nitrogen and oxygen atoms in total. The molecule has 0 unspecified atom stereocenters. The average Bonchev–Trinajstić information content (AvgIpc) is 3.27. The topological polar surface area (TPSA) is 130 Å². The lowest BCUT2D eigenvalue weighted by molar-refractivity contribution is 0.0488. The quantitative estimate of drug-likeness (QED) is 0.427. The van der Waals surface area contributed by atoms with Gasteiger partial charge in [-0.2, -0.15) is 10.4 Å². The number of nitriles is 1. The summed E-state index contributed by atoms with van der Waals surface area (Å²) in [5.74, 6) is -0.465. The van der Waals surface area contributed by atoms with Crippen molar-refractivity contribution in [1.29, 1.82) is 5.26 Å². The lowest BCUT2D eigenvalue weighted by atomic mass is 9.90. The van der Waals surface area contributed by atoms with Crippen molar-refractivity contribution in [2.75, 3.05) is 10.6 Å². The zero-order valence-corrected chi connectivity index (χ0v) is 21.4. The van der Waals surface area contributed by atoms with Crippen LogP contribution >= 0.6 is 0 Å². The summed E-state index contributed by atoms with van der Waals surface area (Å²) < 4.78 is 22.1. The van der Waals surface area contributed by atoms with Gasteiger partial charge in [0.1, 0.15) is 11.7 Å². The van der Waals surface area contributed by atoms with Crippen LogP contribution in [0.3, 0.4) is 0 Å². The van der Waals surface area contributed by atoms with E-state index in [0.717, 1.165) is 43.0 Å². The molecule has 3 aromatic rings. The van der Waals surface area contributed by atoms with E-state index < -0.39 is 17.5 Å². The number of rotatable bonds is 6. The van der Waals surface area contributed by atoms with Gasteiger partial charge >= 0.3 is 6.09 Å². The predicted octanol–water partition coefficient (Wildman–Crippen LogP) is 4.97. The second kappa shape index (κ2) is 10.8. The summed E-state index contributed by atoms with van der Waals surface area (Å²) in [4.78, 5) is 21.0. The van der Waals surface area contributed by atoms with Gasteiger partial charge in [-0.1, -0.05) is 12.8 Å². The number of aromatic nitrogens is 4. The van der Waals surface area contributed by atoms with Gasteiger partial charge in [0.15, 0.2) is 17.5 Å². The molecule has 3 N–H and O–H groups in total. The molecule has 0 aromatic carbocycles. The van der Waals surface area contributed by atoms with Crippen molar-refractivity contribution >= 4 is 23.4 Å². The number of alkyl carbamates (subject to hydrolysis) is 1. The van der Waals surface area contributed by atoms with Crippen LogP contribution in [0.1, 0.15) is 57.6 Å². The largest absolute Gasteiger partial charge is 0.444 e. The standard InChI is InChI=1S/C26H31FN8O2/c1-16-12-30-35(15-16)19-10-18(13-29-14-19)31-23-17(11-28)9-20(27)24(34-23)32-21-7-5-6-8-22(21)33-25(36)37-26(2,3)4/h9-10,12-15,21-22H,5-8H2,1-4H3,(H,33,36)(H2,31,32,34)/t21-,22+/m1/s1. The summed E-state index contributed by atoms with van der Waals surface area (Å²) in [5, 5.41) is 23.0. The number of aryl methyl sites for hydroxylation is 1. The van der Waals surface area contributed by atoms with Gasteiger partial charge in [0, 0.05) is 12.2 Å². The molecule has 0 radical (unpaired) electrons. The Bertz CT molecular complexity index is 1310. The first-order valence-corrected chi connectivity index (χ1v) is 12.2. The normalized spacial score (nSPS) is 17.5. The van der Waals surface area contributed by atoms with Gasteiger partial charge in [-0.3, -0.25) is 4.98 Å². The molecule has 1 saturated carbocycles. The third kappa shape index (κ3) is 6.73. The van der Waals surface area contributed by atoms with Crippen LogP contribution in [-0.4, -0.2) is 43.5 Å². The molecule has 2 atom stereocenters. The van der Waals surface area contributed by atoms with Gasteiger partial charge in [-0.05, 0) is 58.2 Å². The van der Waals surface area contributed by atoms with E-state index in [0.29, 0.717) is 5.69 Å². The summed E-state index contributed by atoms with van der Waals surface area (Å²) >= 11 is 0. The molecule has 37 heavy (non-hydrogen) atoms. The van der Waals surface area contributed by atoms with Crippen molar-refractivity contribution in [1.82, 2.24) is 25.1 Å². The van der Waals surface area contributed by atoms with E-state index in [-0.39, 0.29) is 29.3 Å². The Hall–Kier alpha value is -4.20. The van der Waals surface area contributed by atoms with Gasteiger partial charge in [-0.15, -0.1) is 0 Å². The first-order chi connectivity index (χ1) is 17.6. The number of anilines is 3. The van der Waals surface area contributed by atoms with Crippen LogP contribution in [0, 0.1) is 24.1 Å². The molecule has 4 rings (SSSR count). The van der Waals surface area contributed by atoms with Gasteiger partial charge in [0.25, 0.3) is 0 Å². The first kappa shape index (κ1) is 25.9. The summed E-state index contributed by atoms with van der Waals surface area (Å²) in [7, 11) is 0. The SMILES string of the molecule is Cc1cnn(-c2cncc(Nc3nc(N[C@@H]4CCCC[C@@H]4NC(=O)OC(C)(C)C)c(F)cc3C#N)c2)c1. The highest BCUT2D eigenvalue weighted by molar-refractivity contribution is 5.69. The van der Waals surface area contributed by atoms with E-state index in [1.54, 1.807) is 50.1 Å². The van der Waals surface area contributed by atoms with E-state index in [2.05, 4.69) is 31.0 Å². The molecule has 3 heterocycles. The smallest absolute Gasteiger partial charge is 0.407 e. The van der Waals surface area contributed by atoms with Crippen molar-refractivity contribution in [3.05, 3.63) is 53.9 Å². The number of carbonyl (C=O) groups is 1. The second-order valence-electron chi connectivity index (χ2n) is 10.1. The molecule has 1 fully saturated rings. The molecule has 1 aliphatic rings. The summed E-state index contributed by atoms with van der Waals surface area (Å²) in [5.41, 5.74) is 1.72. The Morgan fingerprint density at radius 1 is 1.16 bits per heavy atom. The van der Waals surface area contributed by atoms with Crippen molar-refractivity contribution in [3.63, 3.8) is 0 Å². The van der Waals surface area contributed by atoms with Gasteiger partial charge in [0.2, 0.25) is 0 Å². The fraction of sp³-hybridized carbons (Fsp3) is 0.423. The number of carbonyl (C=O) groups excluding carboxylic acids is 1. The Balaban J connectivity index is 1.54. The number of ether oxygens (including phenoxy) is 1. The molecule has 0 spiro atoms. The predicted molar refractivity (Wildman–Crippen MR) is 137 cm³/mol. The number of nitrogens with zero attached hydrogens (tertiary/aromatic N) is 5. The zero-order valence-electron chi connectivity index (χ0n) is 21.4. The molecule has 0 aliphatic heterocycles. The van der Waals surface area contributed by atoms with Gasteiger partial charge in [-0.25, -0.2) is 18.9 Å². The minimum atomic E-state index is -0.650. The maximum Gasteiger partial charge on any atom is 0.407 e. The van der Waals surface area contributed by atoms with E-state index in [1.807, 2.05) is 19.2 Å². The lowest BCUT2D eigenvalue weighted by Crippen LogP contribution is -2.50. The molecule has 1 amide bonds. The Labute approximate surface area is 215 Å². The van der Waals surface area contributed by atoms with Crippen molar-refractivity contribution in [2.45, 2.75) is 71.1 Å². The van der Waals surface area contributed by atoms with Crippen LogP contribution in [0.2, 0.25) is 0 Å². The van der Waals surface area contributed by atoms with Crippen LogP contribution in [0.4, 0.5) is 26.5 Å². The van der Waals surface area contributed by atoms with Gasteiger partial charge in [0.05, 0.1) is 41.6 Å². The molecule has 1 aliphatic carbocycles. The van der Waals surface area contributed by atoms with Crippen molar-refractivity contribution < 1.29 is 13.9 Å². The Morgan fingerprint density at radius 2 is 1.92 bits per heavy atom. The van der Waals surface area contributed by atoms with Crippen molar-refractivity contribution in [2.24, 2.45) is 0 Å². The van der Waals surface area contributed by atoms with E-state index >= 15 is 0 Å². The third-order valence-electron chi connectivity index (χ3n) is 5.85. The molecule has 3 aromatic heterocycles. The van der Waals surface area contributed by atoms with E-state index in [4.69, 9.17) is 4.74 Å². The molecule has 0 bridgehead atoms. The fourth-order valence-corrected chi connectivity index (χ4v) is 4.19. The first-order valence-electron chi connectivity index (χ1n) is 12.2. The number of nitrogens with one attached hydrogen (secondary N) is 3. The number of pyridine rings is 2. The van der Waals surface area contributed by atoms with Crippen LogP contribution in [0.5, 0.6) is 0 Å². The van der Waals surface area contributed by atoms with Crippen LogP contribution in [-0.2, 0) is 4.74 Å². The minimum Gasteiger partial charge on any atom is -0.444 e. The zero-order chi connectivity index (χ0) is 26.6. The molecule has 0 saturated heterocycles. The molecular formula is C26H31FN8O2. The average molecular weight is 507 g/mol. The van der Waals surface area contributed by atoms with E-state index in [9.17, 15) is 14.4 Å². The number of hydrogen-bond acceptors (Lipinski definition) is 8. The van der Waals surface area contributed by atoms with Crippen LogP contribution < -0.4 is 16.0 Å². The van der Waals surface area contributed by atoms with Crippen molar-refractivity contribution in [3.8, 4) is 11.8 Å². The highest BCUT2D eigenvalue weighted by Crippen LogP contribution is 2.27. The molecular weight excluding hydrogens is 475 g/mol. The number of amides is 1. The Kier molecular flexibility index (Phi) is 7.57. The van der Waals surface area contributed by atoms with Gasteiger partial charge < -0.3 is 20.7 Å². The molecule has 11 heteroatoms. The monoisotopic (exact) mass is 506 g/mol. The summed E-state index contributed by atoms with van der Waals surface area (Å²) in [6.45, 7) is 7.34. The highest BCUT2D eigenvalue weighted by Gasteiger charge is 2.29. The number of halogens is 1. The minimum absolute atomic E-state index is 0.00352. The maximum atomic E-state index is 15.0. The summed E-state index contributed by atoms with van der Waals surface area (Å²) in [6.07, 6.45) is 9.66. The van der Waals surface area contributed by atoms with E-state index in [1.165, 1.54) is 0 Å². The summed E-state index contributed by atoms with van der Waals surface area (Å²) in [6, 6.07) is 4.43. The number of hydrogen-bond donors (Lipinski definition) is 3. The third-order valence-corrected chi connectivity index (χ3v) is 5.85. The maximum absolute atomic E-state index is 15.0. The Morgan fingerprint density at radius 3 is 2.59 bits per heavy atom. The highest BCUT2D eigenvalue weighted by atomic mass is 19.1. The van der Waals surface area contributed by atoms with Crippen LogP contribution in [0.25, 0.3) is 5.69 Å². The second-order valence-corrected chi connectivity index (χ2v) is 10.1. The lowest BCUT2D eigenvalue weighted by Gasteiger charge is -2.33.